The average molecular weight is 395 g/mol. The molecule has 3 unspecified atom stereocenters. The number of hydrogen-bond donors (Lipinski definition) is 2. The molecule has 0 aromatic heterocycles. The van der Waals surface area contributed by atoms with Crippen molar-refractivity contribution >= 4 is 5.91 Å². The second kappa shape index (κ2) is 7.47. The number of hydrogen-bond acceptors (Lipinski definition) is 4. The largest absolute Gasteiger partial charge is 0.508 e. The average Bonchev–Trinajstić information content (AvgIpc) is 2.72. The molecular weight excluding hydrogens is 364 g/mol. The van der Waals surface area contributed by atoms with Crippen molar-refractivity contribution in [1.82, 2.24) is 9.80 Å². The van der Waals surface area contributed by atoms with Crippen LogP contribution < -0.4 is 0 Å². The van der Waals surface area contributed by atoms with Crippen LogP contribution in [0.4, 0.5) is 0 Å². The van der Waals surface area contributed by atoms with E-state index in [9.17, 15) is 15.0 Å². The van der Waals surface area contributed by atoms with Crippen molar-refractivity contribution in [1.29, 1.82) is 0 Å². The lowest BCUT2D eigenvalue weighted by Crippen LogP contribution is -2.66. The van der Waals surface area contributed by atoms with Gasteiger partial charge in [0.1, 0.15) is 5.75 Å². The number of phenolic OH excluding ortho intramolecular Hbond substituents is 1. The number of likely N-dealkylation sites (tertiary alicyclic amines) is 1. The lowest BCUT2D eigenvalue weighted by atomic mass is 9.55. The third-order valence-corrected chi connectivity index (χ3v) is 7.11. The molecule has 5 heteroatoms. The number of likely N-dealkylation sites (N-methyl/N-ethyl adjacent to an activating group) is 1. The van der Waals surface area contributed by atoms with Gasteiger partial charge in [0, 0.05) is 30.6 Å². The zero-order chi connectivity index (χ0) is 20.6. The number of rotatable bonds is 3. The monoisotopic (exact) mass is 394 g/mol. The molecule has 1 aliphatic heterocycles. The van der Waals surface area contributed by atoms with Crippen molar-refractivity contribution in [2.24, 2.45) is 0 Å². The van der Waals surface area contributed by atoms with Crippen molar-refractivity contribution in [3.05, 3.63) is 65.7 Å². The molecule has 2 N–H and O–H groups in total. The molecule has 1 amide bonds. The molecule has 1 saturated carbocycles. The minimum atomic E-state index is -0.874. The van der Waals surface area contributed by atoms with E-state index in [2.05, 4.69) is 4.90 Å². The third kappa shape index (κ3) is 3.43. The van der Waals surface area contributed by atoms with Gasteiger partial charge >= 0.3 is 0 Å². The van der Waals surface area contributed by atoms with Gasteiger partial charge in [0.25, 0.3) is 5.91 Å². The maximum atomic E-state index is 13.0. The smallest absolute Gasteiger partial charge is 0.253 e. The molecule has 1 saturated heterocycles. The Hall–Kier alpha value is -2.37. The van der Waals surface area contributed by atoms with Crippen LogP contribution in [0.15, 0.2) is 54.6 Å². The fraction of sp³-hybridized carbons (Fsp3) is 0.458. The summed E-state index contributed by atoms with van der Waals surface area (Å²) in [6.07, 6.45) is 2.88. The summed E-state index contributed by atoms with van der Waals surface area (Å²) in [7, 11) is 3.91. The van der Waals surface area contributed by atoms with Crippen molar-refractivity contribution in [2.45, 2.75) is 42.7 Å². The number of carbonyl (C=O) groups is 1. The van der Waals surface area contributed by atoms with Gasteiger partial charge < -0.3 is 20.0 Å². The lowest BCUT2D eigenvalue weighted by Gasteiger charge is -2.58. The Bertz CT molecular complexity index is 887. The van der Waals surface area contributed by atoms with E-state index in [1.807, 2.05) is 61.5 Å². The highest BCUT2D eigenvalue weighted by Gasteiger charge is 2.57. The molecule has 1 heterocycles. The Kier molecular flexibility index (Phi) is 5.13. The highest BCUT2D eigenvalue weighted by Crippen LogP contribution is 2.52. The van der Waals surface area contributed by atoms with E-state index in [0.29, 0.717) is 24.9 Å². The van der Waals surface area contributed by atoms with E-state index in [4.69, 9.17) is 0 Å². The van der Waals surface area contributed by atoms with E-state index in [0.717, 1.165) is 24.9 Å². The van der Waals surface area contributed by atoms with E-state index in [-0.39, 0.29) is 17.7 Å². The van der Waals surface area contributed by atoms with Crippen LogP contribution in [0.2, 0.25) is 0 Å². The van der Waals surface area contributed by atoms with Crippen molar-refractivity contribution in [3.63, 3.8) is 0 Å². The van der Waals surface area contributed by atoms with Gasteiger partial charge in [-0.15, -0.1) is 0 Å². The first kappa shape index (κ1) is 19.9. The Morgan fingerprint density at radius 2 is 1.90 bits per heavy atom. The number of aromatic hydroxyl groups is 1. The molecule has 29 heavy (non-hydrogen) atoms. The molecule has 2 aromatic carbocycles. The van der Waals surface area contributed by atoms with Gasteiger partial charge in [-0.25, -0.2) is 0 Å². The maximum absolute atomic E-state index is 13.0. The van der Waals surface area contributed by atoms with Gasteiger partial charge in [0.15, 0.2) is 0 Å². The Labute approximate surface area is 172 Å². The van der Waals surface area contributed by atoms with Crippen LogP contribution in [0.25, 0.3) is 0 Å². The SMILES string of the molecule is CN1CCC2(c3cccc(O)c3)CC(N(C)C(=O)c3ccccc3)CCC2(O)C1. The first-order valence-corrected chi connectivity index (χ1v) is 10.4. The summed E-state index contributed by atoms with van der Waals surface area (Å²) >= 11 is 0. The normalized spacial score (nSPS) is 29.8. The Balaban J connectivity index is 1.68. The fourth-order valence-corrected chi connectivity index (χ4v) is 5.43. The summed E-state index contributed by atoms with van der Waals surface area (Å²) < 4.78 is 0. The number of β-amino-alcohol motifs (C(OH)–C–C–N with tert-alkyl or cyclic N) is 1. The second-order valence-corrected chi connectivity index (χ2v) is 8.83. The lowest BCUT2D eigenvalue weighted by molar-refractivity contribution is -0.127. The molecule has 1 aliphatic carbocycles. The number of benzene rings is 2. The molecule has 4 rings (SSSR count). The molecule has 0 bridgehead atoms. The molecule has 2 aliphatic rings. The standard InChI is InChI=1S/C24H30N2O3/c1-25-14-13-23(19-9-6-10-21(27)15-19)16-20(11-12-24(23,29)17-25)26(2)22(28)18-7-4-3-5-8-18/h3-10,15,20,27,29H,11-14,16-17H2,1-2H3. The van der Waals surface area contributed by atoms with Crippen molar-refractivity contribution in [2.75, 3.05) is 27.2 Å². The first-order valence-electron chi connectivity index (χ1n) is 10.4. The summed E-state index contributed by atoms with van der Waals surface area (Å²) in [5, 5.41) is 21.9. The highest BCUT2D eigenvalue weighted by molar-refractivity contribution is 5.94. The number of piperidine rings is 1. The van der Waals surface area contributed by atoms with Crippen LogP contribution in [0.1, 0.15) is 41.6 Å². The van der Waals surface area contributed by atoms with Gasteiger partial charge in [-0.1, -0.05) is 30.3 Å². The number of carbonyl (C=O) groups excluding carboxylic acids is 1. The van der Waals surface area contributed by atoms with Gasteiger partial charge in [0.2, 0.25) is 0 Å². The summed E-state index contributed by atoms with van der Waals surface area (Å²) in [4.78, 5) is 17.1. The summed E-state index contributed by atoms with van der Waals surface area (Å²) in [6.45, 7) is 1.48. The van der Waals surface area contributed by atoms with Crippen LogP contribution in [-0.4, -0.2) is 64.7 Å². The predicted molar refractivity (Wildman–Crippen MR) is 113 cm³/mol. The predicted octanol–water partition coefficient (Wildman–Crippen LogP) is 3.02. The van der Waals surface area contributed by atoms with E-state index >= 15 is 0 Å². The zero-order valence-electron chi connectivity index (χ0n) is 17.2. The van der Waals surface area contributed by atoms with Crippen LogP contribution >= 0.6 is 0 Å². The zero-order valence-corrected chi connectivity index (χ0v) is 17.2. The summed E-state index contributed by atoms with van der Waals surface area (Å²) in [5.41, 5.74) is 0.303. The van der Waals surface area contributed by atoms with Crippen LogP contribution in [-0.2, 0) is 5.41 Å². The highest BCUT2D eigenvalue weighted by atomic mass is 16.3. The first-order chi connectivity index (χ1) is 13.8. The van der Waals surface area contributed by atoms with Gasteiger partial charge in [-0.2, -0.15) is 0 Å². The van der Waals surface area contributed by atoms with E-state index < -0.39 is 11.0 Å². The molecule has 0 spiro atoms. The maximum Gasteiger partial charge on any atom is 0.253 e. The van der Waals surface area contributed by atoms with Crippen LogP contribution in [0.3, 0.4) is 0 Å². The molecule has 5 nitrogen and oxygen atoms in total. The molecule has 2 fully saturated rings. The molecule has 2 aromatic rings. The second-order valence-electron chi connectivity index (χ2n) is 8.83. The summed E-state index contributed by atoms with van der Waals surface area (Å²) in [6, 6.07) is 16.7. The Morgan fingerprint density at radius 1 is 1.14 bits per heavy atom. The van der Waals surface area contributed by atoms with Gasteiger partial charge in [-0.3, -0.25) is 4.79 Å². The topological polar surface area (TPSA) is 64.0 Å². The van der Waals surface area contributed by atoms with Crippen molar-refractivity contribution < 1.29 is 15.0 Å². The minimum absolute atomic E-state index is 0.0139. The number of phenols is 1. The van der Waals surface area contributed by atoms with E-state index in [1.54, 1.807) is 12.1 Å². The molecular formula is C24H30N2O3. The summed E-state index contributed by atoms with van der Waals surface area (Å²) in [5.74, 6) is 0.231. The third-order valence-electron chi connectivity index (χ3n) is 7.11. The molecule has 0 radical (unpaired) electrons. The molecule has 3 atom stereocenters. The molecule has 154 valence electrons. The fourth-order valence-electron chi connectivity index (χ4n) is 5.43. The number of amides is 1. The number of aliphatic hydroxyl groups is 1. The van der Waals surface area contributed by atoms with Gasteiger partial charge in [0.05, 0.1) is 5.60 Å². The number of fused-ring (bicyclic) bond motifs is 1. The number of nitrogens with zero attached hydrogens (tertiary/aromatic N) is 2. The minimum Gasteiger partial charge on any atom is -0.508 e. The Morgan fingerprint density at radius 3 is 2.62 bits per heavy atom. The van der Waals surface area contributed by atoms with Crippen molar-refractivity contribution in [3.8, 4) is 5.75 Å². The quantitative estimate of drug-likeness (QED) is 0.840. The van der Waals surface area contributed by atoms with Crippen LogP contribution in [0.5, 0.6) is 5.75 Å². The van der Waals surface area contributed by atoms with Gasteiger partial charge in [-0.05, 0) is 69.1 Å². The van der Waals surface area contributed by atoms with E-state index in [1.165, 1.54) is 0 Å². The van der Waals surface area contributed by atoms with Crippen LogP contribution in [0, 0.1) is 0 Å².